The first-order valence-electron chi connectivity index (χ1n) is 5.62. The van der Waals surface area contributed by atoms with Gasteiger partial charge >= 0.3 is 0 Å². The molecule has 16 heavy (non-hydrogen) atoms. The molecule has 0 saturated heterocycles. The Morgan fingerprint density at radius 2 is 2.19 bits per heavy atom. The zero-order valence-electron chi connectivity index (χ0n) is 10.1. The minimum atomic E-state index is 0.0580. The van der Waals surface area contributed by atoms with Gasteiger partial charge in [0.15, 0.2) is 5.13 Å². The second kappa shape index (κ2) is 5.84. The zero-order valence-corrected chi connectivity index (χ0v) is 10.9. The van der Waals surface area contributed by atoms with Gasteiger partial charge in [-0.25, -0.2) is 4.98 Å². The van der Waals surface area contributed by atoms with E-state index in [0.29, 0.717) is 10.0 Å². The Morgan fingerprint density at radius 1 is 1.50 bits per heavy atom. The highest BCUT2D eigenvalue weighted by Crippen LogP contribution is 2.21. The summed E-state index contributed by atoms with van der Waals surface area (Å²) < 4.78 is 0. The molecule has 1 rings (SSSR count). The van der Waals surface area contributed by atoms with Crippen molar-refractivity contribution in [2.75, 3.05) is 18.8 Å². The summed E-state index contributed by atoms with van der Waals surface area (Å²) in [6.45, 7) is 7.48. The lowest BCUT2D eigenvalue weighted by Crippen LogP contribution is -2.31. The number of hydrogen-bond donors (Lipinski definition) is 1. The lowest BCUT2D eigenvalue weighted by atomic mass is 10.3. The molecule has 0 aliphatic rings. The second-order valence-electron chi connectivity index (χ2n) is 3.71. The molecule has 1 aromatic heterocycles. The van der Waals surface area contributed by atoms with Crippen LogP contribution in [0.2, 0.25) is 0 Å². The van der Waals surface area contributed by atoms with Crippen LogP contribution >= 0.6 is 11.3 Å². The van der Waals surface area contributed by atoms with E-state index < -0.39 is 0 Å². The van der Waals surface area contributed by atoms with Gasteiger partial charge in [0.1, 0.15) is 4.88 Å². The third-order valence-electron chi connectivity index (χ3n) is 2.46. The number of thiazole rings is 1. The fourth-order valence-electron chi connectivity index (χ4n) is 1.51. The van der Waals surface area contributed by atoms with Crippen molar-refractivity contribution in [2.45, 2.75) is 33.6 Å². The van der Waals surface area contributed by atoms with Gasteiger partial charge in [0.25, 0.3) is 5.91 Å². The Morgan fingerprint density at radius 3 is 2.62 bits per heavy atom. The average molecular weight is 241 g/mol. The molecule has 90 valence electrons. The topological polar surface area (TPSA) is 59.2 Å². The number of carbonyl (C=O) groups excluding carboxylic acids is 1. The molecule has 0 aliphatic carbocycles. The highest BCUT2D eigenvalue weighted by Gasteiger charge is 2.19. The Labute approximate surface area is 100 Å². The molecule has 1 heterocycles. The molecule has 1 aromatic rings. The summed E-state index contributed by atoms with van der Waals surface area (Å²) >= 11 is 1.28. The van der Waals surface area contributed by atoms with E-state index in [9.17, 15) is 4.79 Å². The van der Waals surface area contributed by atoms with Crippen LogP contribution in [0.25, 0.3) is 0 Å². The van der Waals surface area contributed by atoms with E-state index in [4.69, 9.17) is 5.73 Å². The summed E-state index contributed by atoms with van der Waals surface area (Å²) in [5, 5.41) is 0.465. The number of nitrogen functional groups attached to an aromatic ring is 1. The van der Waals surface area contributed by atoms with Crippen LogP contribution in [0, 0.1) is 6.92 Å². The maximum absolute atomic E-state index is 12.2. The molecule has 0 saturated carbocycles. The van der Waals surface area contributed by atoms with Crippen molar-refractivity contribution in [3.05, 3.63) is 10.6 Å². The largest absolute Gasteiger partial charge is 0.375 e. The molecule has 0 bridgehead atoms. The molecule has 4 nitrogen and oxygen atoms in total. The fraction of sp³-hybridized carbons (Fsp3) is 0.636. The number of aryl methyl sites for hydroxylation is 1. The van der Waals surface area contributed by atoms with Crippen molar-refractivity contribution in [3.8, 4) is 0 Å². The van der Waals surface area contributed by atoms with Crippen LogP contribution in [0.1, 0.15) is 42.1 Å². The van der Waals surface area contributed by atoms with E-state index >= 15 is 0 Å². The van der Waals surface area contributed by atoms with Crippen LogP contribution in [0.15, 0.2) is 0 Å². The predicted octanol–water partition coefficient (Wildman–Crippen LogP) is 2.30. The molecule has 0 spiro atoms. The highest BCUT2D eigenvalue weighted by molar-refractivity contribution is 7.17. The molecule has 0 unspecified atom stereocenters. The van der Waals surface area contributed by atoms with Gasteiger partial charge in [-0.1, -0.05) is 24.7 Å². The van der Waals surface area contributed by atoms with Crippen LogP contribution in [0.4, 0.5) is 5.13 Å². The van der Waals surface area contributed by atoms with Crippen molar-refractivity contribution in [1.82, 2.24) is 9.88 Å². The Bertz CT molecular complexity index is 362. The summed E-state index contributed by atoms with van der Waals surface area (Å²) in [6, 6.07) is 0. The van der Waals surface area contributed by atoms with E-state index in [1.54, 1.807) is 0 Å². The molecule has 0 aliphatic heterocycles. The Hall–Kier alpha value is -1.10. The number of amides is 1. The number of carbonyl (C=O) groups is 1. The third kappa shape index (κ3) is 2.95. The predicted molar refractivity (Wildman–Crippen MR) is 67.7 cm³/mol. The quantitative estimate of drug-likeness (QED) is 0.860. The first-order valence-corrected chi connectivity index (χ1v) is 6.44. The summed E-state index contributed by atoms with van der Waals surface area (Å²) in [7, 11) is 0. The number of nitrogens with two attached hydrogens (primary N) is 1. The van der Waals surface area contributed by atoms with Crippen molar-refractivity contribution >= 4 is 22.4 Å². The van der Waals surface area contributed by atoms with Crippen molar-refractivity contribution in [1.29, 1.82) is 0 Å². The van der Waals surface area contributed by atoms with Crippen LogP contribution in [-0.4, -0.2) is 28.9 Å². The third-order valence-corrected chi connectivity index (χ3v) is 3.43. The van der Waals surface area contributed by atoms with Crippen LogP contribution in [0.3, 0.4) is 0 Å². The van der Waals surface area contributed by atoms with Gasteiger partial charge in [0, 0.05) is 13.1 Å². The van der Waals surface area contributed by atoms with Gasteiger partial charge in [0.2, 0.25) is 0 Å². The molecular weight excluding hydrogens is 222 g/mol. The molecule has 2 N–H and O–H groups in total. The standard InChI is InChI=1S/C11H19N3OS/c1-4-6-7-14(5-2)10(15)9-8(3)13-11(12)16-9/h4-7H2,1-3H3,(H2,12,13). The minimum Gasteiger partial charge on any atom is -0.375 e. The van der Waals surface area contributed by atoms with Gasteiger partial charge < -0.3 is 10.6 Å². The van der Waals surface area contributed by atoms with Crippen molar-refractivity contribution in [2.24, 2.45) is 0 Å². The minimum absolute atomic E-state index is 0.0580. The number of anilines is 1. The summed E-state index contributed by atoms with van der Waals surface area (Å²) in [5.41, 5.74) is 6.33. The molecule has 0 radical (unpaired) electrons. The average Bonchev–Trinajstić information content (AvgIpc) is 2.58. The van der Waals surface area contributed by atoms with Gasteiger partial charge in [-0.2, -0.15) is 0 Å². The summed E-state index contributed by atoms with van der Waals surface area (Å²) in [6.07, 6.45) is 2.13. The van der Waals surface area contributed by atoms with E-state index in [-0.39, 0.29) is 5.91 Å². The number of rotatable bonds is 5. The molecule has 0 fully saturated rings. The number of hydrogen-bond acceptors (Lipinski definition) is 4. The zero-order chi connectivity index (χ0) is 12.1. The first-order chi connectivity index (χ1) is 7.60. The summed E-state index contributed by atoms with van der Waals surface area (Å²) in [5.74, 6) is 0.0580. The van der Waals surface area contributed by atoms with Crippen LogP contribution in [-0.2, 0) is 0 Å². The van der Waals surface area contributed by atoms with Crippen molar-refractivity contribution < 1.29 is 4.79 Å². The van der Waals surface area contributed by atoms with Crippen LogP contribution < -0.4 is 5.73 Å². The number of aromatic nitrogens is 1. The van der Waals surface area contributed by atoms with Gasteiger partial charge in [-0.15, -0.1) is 0 Å². The maximum Gasteiger partial charge on any atom is 0.265 e. The van der Waals surface area contributed by atoms with Crippen LogP contribution in [0.5, 0.6) is 0 Å². The number of unbranched alkanes of at least 4 members (excludes halogenated alkanes) is 1. The monoisotopic (exact) mass is 241 g/mol. The van der Waals surface area contributed by atoms with E-state index in [1.807, 2.05) is 18.7 Å². The first kappa shape index (κ1) is 13.0. The Balaban J connectivity index is 2.78. The van der Waals surface area contributed by atoms with E-state index in [1.165, 1.54) is 11.3 Å². The van der Waals surface area contributed by atoms with Gasteiger partial charge in [0.05, 0.1) is 5.69 Å². The fourth-order valence-corrected chi connectivity index (χ4v) is 2.31. The molecule has 5 heteroatoms. The second-order valence-corrected chi connectivity index (χ2v) is 4.74. The lowest BCUT2D eigenvalue weighted by molar-refractivity contribution is 0.0766. The smallest absolute Gasteiger partial charge is 0.265 e. The number of nitrogens with zero attached hydrogens (tertiary/aromatic N) is 2. The Kier molecular flexibility index (Phi) is 4.73. The van der Waals surface area contributed by atoms with E-state index in [2.05, 4.69) is 11.9 Å². The molecule has 0 atom stereocenters. The molecule has 0 aromatic carbocycles. The molecular formula is C11H19N3OS. The SMILES string of the molecule is CCCCN(CC)C(=O)c1sc(N)nc1C. The molecule has 1 amide bonds. The normalized spacial score (nSPS) is 10.4. The van der Waals surface area contributed by atoms with E-state index in [0.717, 1.165) is 31.6 Å². The van der Waals surface area contributed by atoms with Gasteiger partial charge in [-0.05, 0) is 20.3 Å². The van der Waals surface area contributed by atoms with Crippen molar-refractivity contribution in [3.63, 3.8) is 0 Å². The lowest BCUT2D eigenvalue weighted by Gasteiger charge is -2.19. The van der Waals surface area contributed by atoms with Gasteiger partial charge in [-0.3, -0.25) is 4.79 Å². The maximum atomic E-state index is 12.2. The summed E-state index contributed by atoms with van der Waals surface area (Å²) in [4.78, 5) is 18.8. The highest BCUT2D eigenvalue weighted by atomic mass is 32.1.